The minimum Gasteiger partial charge on any atom is -0.399 e. The van der Waals surface area contributed by atoms with E-state index in [-0.39, 0.29) is 22.7 Å². The van der Waals surface area contributed by atoms with Gasteiger partial charge < -0.3 is 5.73 Å². The Morgan fingerprint density at radius 3 is 2.60 bits per heavy atom. The molecule has 0 aromatic heterocycles. The van der Waals surface area contributed by atoms with Crippen LogP contribution in [-0.2, 0) is 10.0 Å². The molecule has 1 rings (SSSR count). The van der Waals surface area contributed by atoms with E-state index >= 15 is 0 Å². The number of benzene rings is 1. The van der Waals surface area contributed by atoms with E-state index in [9.17, 15) is 12.8 Å². The lowest BCUT2D eigenvalue weighted by atomic mass is 10.2. The second-order valence-electron chi connectivity index (χ2n) is 3.13. The van der Waals surface area contributed by atoms with E-state index < -0.39 is 15.8 Å². The SMILES string of the molecule is CCNS(=O)(=O)c1cc(N)cc(F)c1C. The minimum atomic E-state index is -3.66. The summed E-state index contributed by atoms with van der Waals surface area (Å²) in [5.41, 5.74) is 5.56. The van der Waals surface area contributed by atoms with Crippen LogP contribution in [0.3, 0.4) is 0 Å². The number of rotatable bonds is 3. The molecule has 84 valence electrons. The molecule has 0 bridgehead atoms. The fraction of sp³-hybridized carbons (Fsp3) is 0.333. The van der Waals surface area contributed by atoms with E-state index in [0.29, 0.717) is 0 Å². The number of hydrogen-bond acceptors (Lipinski definition) is 3. The second kappa shape index (κ2) is 4.16. The van der Waals surface area contributed by atoms with Crippen LogP contribution < -0.4 is 10.5 Å². The van der Waals surface area contributed by atoms with Crippen molar-refractivity contribution in [2.24, 2.45) is 0 Å². The van der Waals surface area contributed by atoms with Gasteiger partial charge in [-0.15, -0.1) is 0 Å². The van der Waals surface area contributed by atoms with Gasteiger partial charge in [-0.25, -0.2) is 17.5 Å². The maximum Gasteiger partial charge on any atom is 0.240 e. The lowest BCUT2D eigenvalue weighted by Crippen LogP contribution is -2.24. The van der Waals surface area contributed by atoms with Crippen molar-refractivity contribution < 1.29 is 12.8 Å². The third kappa shape index (κ3) is 2.45. The van der Waals surface area contributed by atoms with E-state index in [2.05, 4.69) is 4.72 Å². The molecule has 1 aromatic rings. The van der Waals surface area contributed by atoms with Crippen molar-refractivity contribution >= 4 is 15.7 Å². The summed E-state index contributed by atoms with van der Waals surface area (Å²) < 4.78 is 38.8. The molecule has 0 spiro atoms. The Balaban J connectivity index is 3.38. The van der Waals surface area contributed by atoms with Crippen LogP contribution in [0.5, 0.6) is 0 Å². The Labute approximate surface area is 88.3 Å². The first-order valence-electron chi connectivity index (χ1n) is 4.43. The molecule has 0 aliphatic rings. The van der Waals surface area contributed by atoms with Gasteiger partial charge >= 0.3 is 0 Å². The molecule has 0 atom stereocenters. The van der Waals surface area contributed by atoms with Gasteiger partial charge in [0.05, 0.1) is 4.90 Å². The zero-order valence-corrected chi connectivity index (χ0v) is 9.36. The van der Waals surface area contributed by atoms with Gasteiger partial charge in [0.25, 0.3) is 0 Å². The van der Waals surface area contributed by atoms with Crippen LogP contribution in [0, 0.1) is 12.7 Å². The predicted molar refractivity (Wildman–Crippen MR) is 56.4 cm³/mol. The maximum atomic E-state index is 13.2. The number of nitrogens with two attached hydrogens (primary N) is 1. The summed E-state index contributed by atoms with van der Waals surface area (Å²) in [6.07, 6.45) is 0. The first-order valence-corrected chi connectivity index (χ1v) is 5.92. The van der Waals surface area contributed by atoms with Gasteiger partial charge in [-0.1, -0.05) is 6.92 Å². The van der Waals surface area contributed by atoms with Gasteiger partial charge in [-0.05, 0) is 19.1 Å². The summed E-state index contributed by atoms with van der Waals surface area (Å²) in [5.74, 6) is -0.619. The van der Waals surface area contributed by atoms with Gasteiger partial charge in [0.15, 0.2) is 0 Å². The highest BCUT2D eigenvalue weighted by molar-refractivity contribution is 7.89. The van der Waals surface area contributed by atoms with Crippen molar-refractivity contribution in [3.63, 3.8) is 0 Å². The fourth-order valence-electron chi connectivity index (χ4n) is 1.22. The summed E-state index contributed by atoms with van der Waals surface area (Å²) in [7, 11) is -3.66. The summed E-state index contributed by atoms with van der Waals surface area (Å²) in [5, 5.41) is 0. The number of sulfonamides is 1. The Bertz CT molecular complexity index is 471. The maximum absolute atomic E-state index is 13.2. The van der Waals surface area contributed by atoms with Crippen LogP contribution in [0.25, 0.3) is 0 Å². The molecule has 4 nitrogen and oxygen atoms in total. The molecule has 15 heavy (non-hydrogen) atoms. The van der Waals surface area contributed by atoms with Gasteiger partial charge in [0.2, 0.25) is 10.0 Å². The molecule has 0 saturated heterocycles. The van der Waals surface area contributed by atoms with Gasteiger partial charge in [0.1, 0.15) is 5.82 Å². The molecule has 0 aliphatic carbocycles. The molecular weight excluding hydrogens is 219 g/mol. The smallest absolute Gasteiger partial charge is 0.240 e. The number of hydrogen-bond donors (Lipinski definition) is 2. The third-order valence-electron chi connectivity index (χ3n) is 1.94. The van der Waals surface area contributed by atoms with Crippen LogP contribution in [-0.4, -0.2) is 15.0 Å². The molecule has 6 heteroatoms. The van der Waals surface area contributed by atoms with Crippen LogP contribution in [0.1, 0.15) is 12.5 Å². The topological polar surface area (TPSA) is 72.2 Å². The van der Waals surface area contributed by atoms with Crippen LogP contribution >= 0.6 is 0 Å². The fourth-order valence-corrected chi connectivity index (χ4v) is 2.55. The Morgan fingerprint density at radius 1 is 1.47 bits per heavy atom. The quantitative estimate of drug-likeness (QED) is 0.764. The van der Waals surface area contributed by atoms with Crippen molar-refractivity contribution in [1.29, 1.82) is 0 Å². The normalized spacial score (nSPS) is 11.7. The Kier molecular flexibility index (Phi) is 3.31. The van der Waals surface area contributed by atoms with Gasteiger partial charge in [-0.2, -0.15) is 0 Å². The highest BCUT2D eigenvalue weighted by Gasteiger charge is 2.18. The van der Waals surface area contributed by atoms with E-state index in [1.54, 1.807) is 6.92 Å². The minimum absolute atomic E-state index is 0.0742. The molecule has 0 heterocycles. The highest BCUT2D eigenvalue weighted by atomic mass is 32.2. The Morgan fingerprint density at radius 2 is 2.07 bits per heavy atom. The molecule has 1 aromatic carbocycles. The molecule has 0 amide bonds. The summed E-state index contributed by atoms with van der Waals surface area (Å²) in [6, 6.07) is 2.34. The first-order chi connectivity index (χ1) is 6.88. The molecule has 0 aliphatic heterocycles. The standard InChI is InChI=1S/C9H13FN2O2S/c1-3-12-15(13,14)9-5-7(11)4-8(10)6(9)2/h4-5,12H,3,11H2,1-2H3. The summed E-state index contributed by atoms with van der Waals surface area (Å²) >= 11 is 0. The van der Waals surface area contributed by atoms with Crippen LogP contribution in [0.4, 0.5) is 10.1 Å². The average molecular weight is 232 g/mol. The van der Waals surface area contributed by atoms with Crippen molar-refractivity contribution in [1.82, 2.24) is 4.72 Å². The second-order valence-corrected chi connectivity index (χ2v) is 4.86. The van der Waals surface area contributed by atoms with Crippen LogP contribution in [0.2, 0.25) is 0 Å². The van der Waals surface area contributed by atoms with E-state index in [1.807, 2.05) is 0 Å². The number of nitrogen functional groups attached to an aromatic ring is 1. The summed E-state index contributed by atoms with van der Waals surface area (Å²) in [6.45, 7) is 3.30. The lowest BCUT2D eigenvalue weighted by Gasteiger charge is -2.09. The summed E-state index contributed by atoms with van der Waals surface area (Å²) in [4.78, 5) is -0.109. The largest absolute Gasteiger partial charge is 0.399 e. The molecule has 3 N–H and O–H groups in total. The van der Waals surface area contributed by atoms with Crippen molar-refractivity contribution in [2.45, 2.75) is 18.7 Å². The molecule has 0 saturated carbocycles. The van der Waals surface area contributed by atoms with Gasteiger partial charge in [-0.3, -0.25) is 0 Å². The van der Waals surface area contributed by atoms with Crippen molar-refractivity contribution in [3.8, 4) is 0 Å². The predicted octanol–water partition coefficient (Wildman–Crippen LogP) is 1.01. The molecule has 0 unspecified atom stereocenters. The van der Waals surface area contributed by atoms with E-state index in [0.717, 1.165) is 6.07 Å². The van der Waals surface area contributed by atoms with Crippen molar-refractivity contribution in [2.75, 3.05) is 12.3 Å². The van der Waals surface area contributed by atoms with Crippen LogP contribution in [0.15, 0.2) is 17.0 Å². The number of nitrogens with one attached hydrogen (secondary N) is 1. The van der Waals surface area contributed by atoms with Crippen molar-refractivity contribution in [3.05, 3.63) is 23.5 Å². The Hall–Kier alpha value is -1.14. The highest BCUT2D eigenvalue weighted by Crippen LogP contribution is 2.21. The average Bonchev–Trinajstić information content (AvgIpc) is 2.11. The van der Waals surface area contributed by atoms with E-state index in [4.69, 9.17) is 5.73 Å². The lowest BCUT2D eigenvalue weighted by molar-refractivity contribution is 0.577. The number of halogens is 1. The van der Waals surface area contributed by atoms with E-state index in [1.165, 1.54) is 13.0 Å². The molecular formula is C9H13FN2O2S. The first kappa shape index (κ1) is 11.9. The molecule has 0 fully saturated rings. The monoisotopic (exact) mass is 232 g/mol. The number of anilines is 1. The third-order valence-corrected chi connectivity index (χ3v) is 3.61. The zero-order valence-electron chi connectivity index (χ0n) is 8.54. The zero-order chi connectivity index (χ0) is 11.6. The van der Waals surface area contributed by atoms with Gasteiger partial charge in [0, 0.05) is 17.8 Å². The molecule has 0 radical (unpaired) electrons.